The van der Waals surface area contributed by atoms with E-state index in [9.17, 15) is 0 Å². The number of nitrogens with zero attached hydrogens (tertiary/aromatic N) is 4. The summed E-state index contributed by atoms with van der Waals surface area (Å²) in [6.45, 7) is 4.88. The molecule has 92 valence electrons. The highest BCUT2D eigenvalue weighted by Gasteiger charge is 2.00. The van der Waals surface area contributed by atoms with Crippen molar-refractivity contribution < 1.29 is 0 Å². The van der Waals surface area contributed by atoms with Gasteiger partial charge in [0, 0.05) is 38.1 Å². The van der Waals surface area contributed by atoms with Crippen molar-refractivity contribution in [3.63, 3.8) is 0 Å². The van der Waals surface area contributed by atoms with Crippen LogP contribution in [0.1, 0.15) is 18.1 Å². The fourth-order valence-electron chi connectivity index (χ4n) is 1.73. The van der Waals surface area contributed by atoms with Gasteiger partial charge < -0.3 is 5.32 Å². The van der Waals surface area contributed by atoms with Crippen LogP contribution in [0.15, 0.2) is 24.8 Å². The van der Waals surface area contributed by atoms with Crippen molar-refractivity contribution in [3.8, 4) is 0 Å². The molecule has 2 aromatic rings. The Labute approximate surface area is 101 Å². The Balaban J connectivity index is 1.84. The van der Waals surface area contributed by atoms with Crippen molar-refractivity contribution in [2.75, 3.05) is 6.54 Å². The first-order valence-corrected chi connectivity index (χ1v) is 5.97. The van der Waals surface area contributed by atoms with E-state index in [0.29, 0.717) is 0 Å². The molecule has 0 bridgehead atoms. The van der Waals surface area contributed by atoms with E-state index in [0.717, 1.165) is 26.1 Å². The summed E-state index contributed by atoms with van der Waals surface area (Å²) in [5, 5.41) is 11.8. The summed E-state index contributed by atoms with van der Waals surface area (Å²) < 4.78 is 3.81. The second kappa shape index (κ2) is 5.63. The molecule has 2 rings (SSSR count). The standard InChI is InChI=1S/C12H19N5/c1-3-13-6-12-8-15-17(10-12)5-4-11-7-14-16(2)9-11/h7-10,13H,3-6H2,1-2H3. The molecule has 0 aliphatic carbocycles. The molecule has 0 atom stereocenters. The second-order valence-electron chi connectivity index (χ2n) is 4.16. The summed E-state index contributed by atoms with van der Waals surface area (Å²) in [6, 6.07) is 0. The van der Waals surface area contributed by atoms with E-state index in [1.165, 1.54) is 11.1 Å². The Morgan fingerprint density at radius 1 is 1.18 bits per heavy atom. The first-order valence-electron chi connectivity index (χ1n) is 5.97. The molecule has 0 saturated heterocycles. The van der Waals surface area contributed by atoms with E-state index in [4.69, 9.17) is 0 Å². The topological polar surface area (TPSA) is 47.7 Å². The lowest BCUT2D eigenvalue weighted by Crippen LogP contribution is -2.11. The van der Waals surface area contributed by atoms with Gasteiger partial charge in [-0.25, -0.2) is 0 Å². The number of rotatable bonds is 6. The Hall–Kier alpha value is -1.62. The molecule has 2 aromatic heterocycles. The van der Waals surface area contributed by atoms with Gasteiger partial charge >= 0.3 is 0 Å². The number of aryl methyl sites for hydroxylation is 3. The van der Waals surface area contributed by atoms with Crippen LogP contribution in [0.2, 0.25) is 0 Å². The molecule has 0 amide bonds. The molecule has 0 spiro atoms. The highest BCUT2D eigenvalue weighted by molar-refractivity contribution is 5.05. The highest BCUT2D eigenvalue weighted by atomic mass is 15.3. The van der Waals surface area contributed by atoms with Crippen LogP contribution in [-0.2, 0) is 26.6 Å². The summed E-state index contributed by atoms with van der Waals surface area (Å²) in [6.07, 6.45) is 8.94. The van der Waals surface area contributed by atoms with E-state index in [2.05, 4.69) is 28.6 Å². The first kappa shape index (κ1) is 11.9. The lowest BCUT2D eigenvalue weighted by atomic mass is 10.2. The van der Waals surface area contributed by atoms with Crippen LogP contribution in [0.5, 0.6) is 0 Å². The number of nitrogens with one attached hydrogen (secondary N) is 1. The Kier molecular flexibility index (Phi) is 3.93. The normalized spacial score (nSPS) is 10.9. The van der Waals surface area contributed by atoms with E-state index < -0.39 is 0 Å². The Morgan fingerprint density at radius 2 is 2.00 bits per heavy atom. The third kappa shape index (κ3) is 3.42. The number of aromatic nitrogens is 4. The van der Waals surface area contributed by atoms with Crippen LogP contribution in [0.4, 0.5) is 0 Å². The monoisotopic (exact) mass is 233 g/mol. The van der Waals surface area contributed by atoms with Crippen molar-refractivity contribution in [1.29, 1.82) is 0 Å². The molecule has 0 aliphatic rings. The molecule has 0 fully saturated rings. The summed E-state index contributed by atoms with van der Waals surface area (Å²) in [5.74, 6) is 0. The molecule has 5 heteroatoms. The van der Waals surface area contributed by atoms with Crippen LogP contribution in [0, 0.1) is 0 Å². The average Bonchev–Trinajstić information content (AvgIpc) is 2.93. The van der Waals surface area contributed by atoms with Crippen LogP contribution in [0.25, 0.3) is 0 Å². The molecular weight excluding hydrogens is 214 g/mol. The van der Waals surface area contributed by atoms with Gasteiger partial charge in [0.25, 0.3) is 0 Å². The van der Waals surface area contributed by atoms with E-state index in [1.807, 2.05) is 35.0 Å². The molecule has 1 N–H and O–H groups in total. The minimum absolute atomic E-state index is 0.892. The predicted octanol–water partition coefficient (Wildman–Crippen LogP) is 0.969. The Morgan fingerprint density at radius 3 is 2.71 bits per heavy atom. The van der Waals surface area contributed by atoms with Crippen LogP contribution < -0.4 is 5.32 Å². The third-order valence-electron chi connectivity index (χ3n) is 2.65. The van der Waals surface area contributed by atoms with Gasteiger partial charge in [0.15, 0.2) is 0 Å². The fraction of sp³-hybridized carbons (Fsp3) is 0.500. The summed E-state index contributed by atoms with van der Waals surface area (Å²) in [5.41, 5.74) is 2.48. The zero-order valence-corrected chi connectivity index (χ0v) is 10.4. The van der Waals surface area contributed by atoms with E-state index in [-0.39, 0.29) is 0 Å². The third-order valence-corrected chi connectivity index (χ3v) is 2.65. The van der Waals surface area contributed by atoms with Gasteiger partial charge in [0.2, 0.25) is 0 Å². The smallest absolute Gasteiger partial charge is 0.0534 e. The zero-order chi connectivity index (χ0) is 12.1. The lowest BCUT2D eigenvalue weighted by molar-refractivity contribution is 0.613. The molecule has 0 aromatic carbocycles. The molecule has 0 unspecified atom stereocenters. The van der Waals surface area contributed by atoms with Gasteiger partial charge in [0.1, 0.15) is 0 Å². The van der Waals surface area contributed by atoms with Gasteiger partial charge in [0.05, 0.1) is 12.4 Å². The molecule has 17 heavy (non-hydrogen) atoms. The highest BCUT2D eigenvalue weighted by Crippen LogP contribution is 2.02. The van der Waals surface area contributed by atoms with E-state index in [1.54, 1.807) is 0 Å². The van der Waals surface area contributed by atoms with Crippen molar-refractivity contribution in [2.24, 2.45) is 7.05 Å². The SMILES string of the molecule is CCNCc1cnn(CCc2cnn(C)c2)c1. The first-order chi connectivity index (χ1) is 8.28. The summed E-state index contributed by atoms with van der Waals surface area (Å²) in [4.78, 5) is 0. The van der Waals surface area contributed by atoms with Gasteiger partial charge in [-0.2, -0.15) is 10.2 Å². The minimum Gasteiger partial charge on any atom is -0.313 e. The lowest BCUT2D eigenvalue weighted by Gasteiger charge is -1.99. The predicted molar refractivity (Wildman–Crippen MR) is 66.5 cm³/mol. The summed E-state index contributed by atoms with van der Waals surface area (Å²) in [7, 11) is 1.94. The van der Waals surface area contributed by atoms with Crippen LogP contribution >= 0.6 is 0 Å². The van der Waals surface area contributed by atoms with Crippen LogP contribution in [-0.4, -0.2) is 26.1 Å². The maximum Gasteiger partial charge on any atom is 0.0534 e. The molecule has 0 radical (unpaired) electrons. The largest absolute Gasteiger partial charge is 0.313 e. The maximum atomic E-state index is 4.34. The van der Waals surface area contributed by atoms with Crippen molar-refractivity contribution in [1.82, 2.24) is 24.9 Å². The fourth-order valence-corrected chi connectivity index (χ4v) is 1.73. The van der Waals surface area contributed by atoms with E-state index >= 15 is 0 Å². The van der Waals surface area contributed by atoms with Crippen molar-refractivity contribution in [3.05, 3.63) is 35.9 Å². The molecule has 5 nitrogen and oxygen atoms in total. The summed E-state index contributed by atoms with van der Waals surface area (Å²) >= 11 is 0. The van der Waals surface area contributed by atoms with Gasteiger partial charge in [-0.15, -0.1) is 0 Å². The Bertz CT molecular complexity index is 457. The maximum absolute atomic E-state index is 4.34. The van der Waals surface area contributed by atoms with Crippen LogP contribution in [0.3, 0.4) is 0 Å². The molecule has 2 heterocycles. The quantitative estimate of drug-likeness (QED) is 0.808. The van der Waals surface area contributed by atoms with Gasteiger partial charge in [-0.3, -0.25) is 9.36 Å². The zero-order valence-electron chi connectivity index (χ0n) is 10.4. The van der Waals surface area contributed by atoms with Crippen molar-refractivity contribution >= 4 is 0 Å². The minimum atomic E-state index is 0.892. The average molecular weight is 233 g/mol. The van der Waals surface area contributed by atoms with Gasteiger partial charge in [-0.05, 0) is 18.5 Å². The van der Waals surface area contributed by atoms with Crippen molar-refractivity contribution in [2.45, 2.75) is 26.4 Å². The number of hydrogen-bond donors (Lipinski definition) is 1. The molecular formula is C12H19N5. The molecule has 0 saturated carbocycles. The second-order valence-corrected chi connectivity index (χ2v) is 4.16. The molecule has 0 aliphatic heterocycles. The number of hydrogen-bond acceptors (Lipinski definition) is 3. The van der Waals surface area contributed by atoms with Gasteiger partial charge in [-0.1, -0.05) is 6.92 Å².